The highest BCUT2D eigenvalue weighted by Crippen LogP contribution is 2.31. The van der Waals surface area contributed by atoms with Crippen molar-refractivity contribution in [3.05, 3.63) is 104 Å². The first-order valence-corrected chi connectivity index (χ1v) is 8.97. The molecule has 0 unspecified atom stereocenters. The maximum Gasteiger partial charge on any atom is 0.734 e. The Morgan fingerprint density at radius 3 is 0.925 bits per heavy atom. The highest BCUT2D eigenvalue weighted by molar-refractivity contribution is 6.00. The monoisotopic (exact) mass is 582 g/mol. The lowest BCUT2D eigenvalue weighted by molar-refractivity contribution is -0.970. The summed E-state index contributed by atoms with van der Waals surface area (Å²) in [6.07, 6.45) is 0. The van der Waals surface area contributed by atoms with Gasteiger partial charge < -0.3 is 9.47 Å². The molecular formula is C12H6N8O20. The lowest BCUT2D eigenvalue weighted by Gasteiger charge is -2.11. The number of rotatable bonds is 14. The highest BCUT2D eigenvalue weighted by atomic mass is 16.8. The molecule has 0 saturated heterocycles. The molecule has 0 saturated carbocycles. The Balaban J connectivity index is 3.61. The molecule has 1 aromatic carbocycles. The maximum atomic E-state index is 12.3. The van der Waals surface area contributed by atoms with Gasteiger partial charge in [-0.2, -0.15) is 0 Å². The minimum atomic E-state index is -4.42. The van der Waals surface area contributed by atoms with Crippen LogP contribution in [-0.4, -0.2) is 76.1 Å². The molecule has 0 bridgehead atoms. The second-order valence-corrected chi connectivity index (χ2v) is 6.64. The number of ether oxygens (including phenoxy) is 2. The van der Waals surface area contributed by atoms with Crippen molar-refractivity contribution in [1.82, 2.24) is 0 Å². The number of nitrogens with zero attached hydrogens (tertiary/aromatic N) is 8. The van der Waals surface area contributed by atoms with Gasteiger partial charge in [0.05, 0.1) is 9.85 Å². The molecular weight excluding hydrogens is 576 g/mol. The number of nitro benzene ring substituents is 2. The summed E-state index contributed by atoms with van der Waals surface area (Å²) in [6, 6.07) is -0.323. The van der Waals surface area contributed by atoms with Crippen LogP contribution in [0, 0.1) is 80.9 Å². The Hall–Kier alpha value is -6.64. The van der Waals surface area contributed by atoms with Crippen LogP contribution in [0.5, 0.6) is 0 Å². The van der Waals surface area contributed by atoms with Gasteiger partial charge in [-0.1, -0.05) is 0 Å². The SMILES string of the molecule is O=C(OCC([N+](=O)[O-])([N+](=O)[O-])[N+](=O)[O-])c1cc([N+](=O)[O-])c(C(=O)OCC([N+](=O)[O-])([N+](=O)[O-])[N+](=O)[O-])cc1[N+](=O)[O-]. The van der Waals surface area contributed by atoms with Crippen molar-refractivity contribution in [3.63, 3.8) is 0 Å². The molecule has 214 valence electrons. The molecule has 0 aliphatic carbocycles. The van der Waals surface area contributed by atoms with Crippen molar-refractivity contribution in [1.29, 1.82) is 0 Å². The van der Waals surface area contributed by atoms with Crippen LogP contribution in [0.2, 0.25) is 0 Å². The predicted molar refractivity (Wildman–Crippen MR) is 108 cm³/mol. The van der Waals surface area contributed by atoms with E-state index in [4.69, 9.17) is 0 Å². The number of esters is 2. The largest absolute Gasteiger partial charge is 0.734 e. The fourth-order valence-corrected chi connectivity index (χ4v) is 2.40. The third-order valence-electron chi connectivity index (χ3n) is 4.50. The molecule has 0 radical (unpaired) electrons. The molecule has 0 aliphatic heterocycles. The number of carbonyl (C=O) groups is 2. The second kappa shape index (κ2) is 11.2. The van der Waals surface area contributed by atoms with E-state index < -0.39 is 98.6 Å². The summed E-state index contributed by atoms with van der Waals surface area (Å²) in [6.45, 7) is -4.61. The van der Waals surface area contributed by atoms with Crippen molar-refractivity contribution >= 4 is 23.3 Å². The molecule has 1 aromatic rings. The average molecular weight is 582 g/mol. The highest BCUT2D eigenvalue weighted by Gasteiger charge is 2.73. The van der Waals surface area contributed by atoms with Crippen LogP contribution in [0.3, 0.4) is 0 Å². The van der Waals surface area contributed by atoms with Crippen LogP contribution >= 0.6 is 0 Å². The lowest BCUT2D eigenvalue weighted by Crippen LogP contribution is -2.57. The molecule has 0 aliphatic rings. The van der Waals surface area contributed by atoms with Gasteiger partial charge in [-0.05, 0) is 0 Å². The summed E-state index contributed by atoms with van der Waals surface area (Å²) < 4.78 is 8.09. The van der Waals surface area contributed by atoms with Gasteiger partial charge in [0.25, 0.3) is 11.4 Å². The van der Waals surface area contributed by atoms with E-state index in [0.717, 1.165) is 0 Å². The van der Waals surface area contributed by atoms with Crippen LogP contribution in [-0.2, 0) is 9.47 Å². The molecule has 1 rings (SSSR count). The summed E-state index contributed by atoms with van der Waals surface area (Å²) in [5.74, 6) is -13.3. The van der Waals surface area contributed by atoms with Crippen molar-refractivity contribution in [3.8, 4) is 0 Å². The van der Waals surface area contributed by atoms with Gasteiger partial charge in [0.2, 0.25) is 0 Å². The fourth-order valence-electron chi connectivity index (χ4n) is 2.40. The van der Waals surface area contributed by atoms with Crippen LogP contribution in [0.1, 0.15) is 20.7 Å². The van der Waals surface area contributed by atoms with Gasteiger partial charge in [-0.3, -0.25) is 80.9 Å². The van der Waals surface area contributed by atoms with E-state index in [0.29, 0.717) is 0 Å². The van der Waals surface area contributed by atoms with E-state index in [1.54, 1.807) is 0 Å². The van der Waals surface area contributed by atoms with Gasteiger partial charge in [0, 0.05) is 12.1 Å². The standard InChI is InChI=1S/C12H6N8O20/c21-9(39-3-11(15(27)28,16(29)30)17(31)32)5-1-7(13(23)24)6(2-8(5)14(25)26)10(22)40-4-12(18(33)34,19(35)36)20(37)38/h1-2H,3-4H2. The Labute approximate surface area is 211 Å². The second-order valence-electron chi connectivity index (χ2n) is 6.64. The van der Waals surface area contributed by atoms with E-state index in [1.165, 1.54) is 0 Å². The molecule has 0 spiro atoms. The molecule has 0 N–H and O–H groups in total. The first kappa shape index (κ1) is 31.4. The van der Waals surface area contributed by atoms with Crippen LogP contribution in [0.15, 0.2) is 12.1 Å². The van der Waals surface area contributed by atoms with Crippen LogP contribution in [0.25, 0.3) is 0 Å². The average Bonchev–Trinajstić information content (AvgIpc) is 2.82. The Morgan fingerprint density at radius 2 is 0.750 bits per heavy atom. The lowest BCUT2D eigenvalue weighted by atomic mass is 10.1. The molecule has 0 amide bonds. The predicted octanol–water partition coefficient (Wildman–Crippen LogP) is -1.22. The third kappa shape index (κ3) is 5.37. The summed E-state index contributed by atoms with van der Waals surface area (Å²) in [7, 11) is 0. The van der Waals surface area contributed by atoms with E-state index in [-0.39, 0.29) is 12.1 Å². The first-order valence-electron chi connectivity index (χ1n) is 8.97. The molecule has 0 heterocycles. The van der Waals surface area contributed by atoms with Gasteiger partial charge >= 0.3 is 36.7 Å². The molecule has 0 fully saturated rings. The smallest absolute Gasteiger partial charge is 0.437 e. The molecule has 0 atom stereocenters. The molecule has 28 heteroatoms. The van der Waals surface area contributed by atoms with Gasteiger partial charge in [0.1, 0.15) is 11.1 Å². The zero-order valence-electron chi connectivity index (χ0n) is 18.3. The number of nitro groups is 8. The zero-order chi connectivity index (χ0) is 31.3. The summed E-state index contributed by atoms with van der Waals surface area (Å²) in [5.41, 5.74) is -6.49. The molecule has 40 heavy (non-hydrogen) atoms. The van der Waals surface area contributed by atoms with Gasteiger partial charge in [-0.15, -0.1) is 0 Å². The zero-order valence-corrected chi connectivity index (χ0v) is 18.3. The quantitative estimate of drug-likeness (QED) is 0.107. The van der Waals surface area contributed by atoms with Crippen molar-refractivity contribution in [2.45, 2.75) is 11.6 Å². The van der Waals surface area contributed by atoms with Crippen molar-refractivity contribution in [2.75, 3.05) is 13.2 Å². The van der Waals surface area contributed by atoms with Crippen molar-refractivity contribution < 1.29 is 58.4 Å². The fraction of sp³-hybridized carbons (Fsp3) is 0.333. The number of hydrogen-bond acceptors (Lipinski definition) is 20. The number of hydrogen-bond donors (Lipinski definition) is 0. The number of benzene rings is 1. The van der Waals surface area contributed by atoms with Crippen LogP contribution in [0.4, 0.5) is 11.4 Å². The minimum absolute atomic E-state index is 0.162. The van der Waals surface area contributed by atoms with E-state index in [2.05, 4.69) is 9.47 Å². The van der Waals surface area contributed by atoms with Crippen molar-refractivity contribution in [2.24, 2.45) is 0 Å². The van der Waals surface area contributed by atoms with Gasteiger partial charge in [-0.25, -0.2) is 9.59 Å². The maximum absolute atomic E-state index is 12.3. The Bertz CT molecular complexity index is 1210. The molecule has 0 aromatic heterocycles. The summed E-state index contributed by atoms with van der Waals surface area (Å²) >= 11 is 0. The normalized spacial score (nSPS) is 11.0. The topological polar surface area (TPSA) is 398 Å². The van der Waals surface area contributed by atoms with Crippen LogP contribution < -0.4 is 0 Å². The first-order chi connectivity index (χ1) is 18.3. The van der Waals surface area contributed by atoms with Gasteiger partial charge in [0.15, 0.2) is 29.5 Å². The van der Waals surface area contributed by atoms with E-state index in [9.17, 15) is 90.5 Å². The minimum Gasteiger partial charge on any atom is -0.437 e. The summed E-state index contributed by atoms with van der Waals surface area (Å²) in [4.78, 5) is 97.0. The third-order valence-corrected chi connectivity index (χ3v) is 4.50. The van der Waals surface area contributed by atoms with E-state index >= 15 is 0 Å². The molecule has 28 nitrogen and oxygen atoms in total. The van der Waals surface area contributed by atoms with E-state index in [1.807, 2.05) is 0 Å². The number of carbonyl (C=O) groups excluding carboxylic acids is 2. The Morgan fingerprint density at radius 1 is 0.525 bits per heavy atom. The summed E-state index contributed by atoms with van der Waals surface area (Å²) in [5, 5.41) is 88.2. The Kier molecular flexibility index (Phi) is 8.77.